The maximum absolute atomic E-state index is 8.94. The second kappa shape index (κ2) is 5.55. The summed E-state index contributed by atoms with van der Waals surface area (Å²) in [6, 6.07) is 9.96. The van der Waals surface area contributed by atoms with Gasteiger partial charge in [-0.15, -0.1) is 0 Å². The van der Waals surface area contributed by atoms with Gasteiger partial charge in [-0.3, -0.25) is 0 Å². The first-order valence-electron chi connectivity index (χ1n) is 5.90. The SMILES string of the molecule is CCn1ccc(CNc2ccc(CO)cc2)c1. The molecule has 0 aliphatic rings. The molecule has 0 fully saturated rings. The molecule has 0 amide bonds. The molecule has 2 aromatic rings. The molecule has 1 aromatic carbocycles. The highest BCUT2D eigenvalue weighted by molar-refractivity contribution is 5.44. The lowest BCUT2D eigenvalue weighted by atomic mass is 10.2. The molecular formula is C14H18N2O. The molecule has 17 heavy (non-hydrogen) atoms. The minimum Gasteiger partial charge on any atom is -0.392 e. The monoisotopic (exact) mass is 230 g/mol. The molecule has 0 atom stereocenters. The topological polar surface area (TPSA) is 37.2 Å². The highest BCUT2D eigenvalue weighted by Crippen LogP contribution is 2.11. The number of nitrogens with one attached hydrogen (secondary N) is 1. The zero-order valence-corrected chi connectivity index (χ0v) is 10.1. The van der Waals surface area contributed by atoms with Crippen molar-refractivity contribution < 1.29 is 5.11 Å². The lowest BCUT2D eigenvalue weighted by Gasteiger charge is -2.05. The number of aliphatic hydroxyl groups is 1. The molecule has 3 heteroatoms. The molecule has 0 saturated carbocycles. The molecule has 1 heterocycles. The maximum Gasteiger partial charge on any atom is 0.0681 e. The summed E-state index contributed by atoms with van der Waals surface area (Å²) in [6.45, 7) is 4.06. The van der Waals surface area contributed by atoms with Crippen molar-refractivity contribution in [1.82, 2.24) is 4.57 Å². The molecule has 2 N–H and O–H groups in total. The van der Waals surface area contributed by atoms with Gasteiger partial charge < -0.3 is 15.0 Å². The highest BCUT2D eigenvalue weighted by Gasteiger charge is 1.97. The van der Waals surface area contributed by atoms with Gasteiger partial charge in [-0.1, -0.05) is 12.1 Å². The molecule has 0 unspecified atom stereocenters. The summed E-state index contributed by atoms with van der Waals surface area (Å²) in [6.07, 6.45) is 4.24. The first-order valence-corrected chi connectivity index (χ1v) is 5.90. The van der Waals surface area contributed by atoms with Crippen LogP contribution in [0.15, 0.2) is 42.7 Å². The second-order valence-electron chi connectivity index (χ2n) is 4.06. The highest BCUT2D eigenvalue weighted by atomic mass is 16.3. The standard InChI is InChI=1S/C14H18N2O/c1-2-16-8-7-13(10-16)9-15-14-5-3-12(11-17)4-6-14/h3-8,10,15,17H,2,9,11H2,1H3. The Morgan fingerprint density at radius 3 is 2.47 bits per heavy atom. The number of nitrogens with zero attached hydrogens (tertiary/aromatic N) is 1. The van der Waals surface area contributed by atoms with Gasteiger partial charge in [-0.05, 0) is 36.2 Å². The summed E-state index contributed by atoms with van der Waals surface area (Å²) in [5, 5.41) is 12.3. The van der Waals surface area contributed by atoms with Crippen LogP contribution in [-0.4, -0.2) is 9.67 Å². The lowest BCUT2D eigenvalue weighted by Crippen LogP contribution is -1.98. The molecule has 0 aliphatic heterocycles. The van der Waals surface area contributed by atoms with Crippen LogP contribution in [0.5, 0.6) is 0 Å². The predicted octanol–water partition coefficient (Wildman–Crippen LogP) is 2.61. The second-order valence-corrected chi connectivity index (χ2v) is 4.06. The van der Waals surface area contributed by atoms with Crippen molar-refractivity contribution >= 4 is 5.69 Å². The van der Waals surface area contributed by atoms with Crippen LogP contribution < -0.4 is 5.32 Å². The van der Waals surface area contributed by atoms with Crippen molar-refractivity contribution in [2.24, 2.45) is 0 Å². The fraction of sp³-hybridized carbons (Fsp3) is 0.286. The van der Waals surface area contributed by atoms with Gasteiger partial charge in [0.05, 0.1) is 6.61 Å². The zero-order chi connectivity index (χ0) is 12.1. The lowest BCUT2D eigenvalue weighted by molar-refractivity contribution is 0.282. The van der Waals surface area contributed by atoms with Gasteiger partial charge in [0, 0.05) is 31.2 Å². The normalized spacial score (nSPS) is 10.5. The smallest absolute Gasteiger partial charge is 0.0681 e. The van der Waals surface area contributed by atoms with Crippen LogP contribution in [0.4, 0.5) is 5.69 Å². The van der Waals surface area contributed by atoms with Crippen molar-refractivity contribution in [3.63, 3.8) is 0 Å². The molecule has 3 nitrogen and oxygen atoms in total. The molecule has 0 bridgehead atoms. The number of rotatable bonds is 5. The summed E-state index contributed by atoms with van der Waals surface area (Å²) in [5.74, 6) is 0. The van der Waals surface area contributed by atoms with Gasteiger partial charge in [-0.2, -0.15) is 0 Å². The van der Waals surface area contributed by atoms with E-state index in [1.807, 2.05) is 24.3 Å². The zero-order valence-electron chi connectivity index (χ0n) is 10.1. The molecular weight excluding hydrogens is 212 g/mol. The predicted molar refractivity (Wildman–Crippen MR) is 69.8 cm³/mol. The number of benzene rings is 1. The third-order valence-electron chi connectivity index (χ3n) is 2.81. The Labute approximate surface area is 102 Å². The van der Waals surface area contributed by atoms with Gasteiger partial charge >= 0.3 is 0 Å². The van der Waals surface area contributed by atoms with Crippen molar-refractivity contribution in [2.75, 3.05) is 5.32 Å². The number of aryl methyl sites for hydroxylation is 1. The van der Waals surface area contributed by atoms with E-state index < -0.39 is 0 Å². The summed E-state index contributed by atoms with van der Waals surface area (Å²) in [4.78, 5) is 0. The molecule has 1 aromatic heterocycles. The van der Waals surface area contributed by atoms with Crippen LogP contribution in [0.3, 0.4) is 0 Å². The summed E-state index contributed by atoms with van der Waals surface area (Å²) in [7, 11) is 0. The molecule has 0 aliphatic carbocycles. The third-order valence-corrected chi connectivity index (χ3v) is 2.81. The maximum atomic E-state index is 8.94. The van der Waals surface area contributed by atoms with E-state index in [9.17, 15) is 0 Å². The van der Waals surface area contributed by atoms with E-state index in [4.69, 9.17) is 5.11 Å². The van der Waals surface area contributed by atoms with Crippen LogP contribution >= 0.6 is 0 Å². The van der Waals surface area contributed by atoms with Gasteiger partial charge in [0.25, 0.3) is 0 Å². The number of anilines is 1. The number of aromatic nitrogens is 1. The number of hydrogen-bond donors (Lipinski definition) is 2. The Kier molecular flexibility index (Phi) is 3.83. The summed E-state index contributed by atoms with van der Waals surface area (Å²) >= 11 is 0. The Balaban J connectivity index is 1.92. The molecule has 2 rings (SSSR count). The van der Waals surface area contributed by atoms with E-state index in [-0.39, 0.29) is 6.61 Å². The summed E-state index contributed by atoms with van der Waals surface area (Å²) < 4.78 is 2.16. The Morgan fingerprint density at radius 2 is 1.88 bits per heavy atom. The van der Waals surface area contributed by atoms with E-state index in [2.05, 4.69) is 35.3 Å². The van der Waals surface area contributed by atoms with Crippen LogP contribution in [0.1, 0.15) is 18.1 Å². The van der Waals surface area contributed by atoms with Crippen molar-refractivity contribution in [3.05, 3.63) is 53.9 Å². The van der Waals surface area contributed by atoms with E-state index in [0.717, 1.165) is 24.3 Å². The van der Waals surface area contributed by atoms with E-state index in [1.165, 1.54) is 5.56 Å². The van der Waals surface area contributed by atoms with Crippen LogP contribution in [0, 0.1) is 0 Å². The van der Waals surface area contributed by atoms with E-state index >= 15 is 0 Å². The van der Waals surface area contributed by atoms with Gasteiger partial charge in [0.2, 0.25) is 0 Å². The van der Waals surface area contributed by atoms with E-state index in [1.54, 1.807) is 0 Å². The number of hydrogen-bond acceptors (Lipinski definition) is 2. The van der Waals surface area contributed by atoms with Crippen LogP contribution in [-0.2, 0) is 19.7 Å². The summed E-state index contributed by atoms with van der Waals surface area (Å²) in [5.41, 5.74) is 3.29. The van der Waals surface area contributed by atoms with Crippen molar-refractivity contribution in [1.29, 1.82) is 0 Å². The Morgan fingerprint density at radius 1 is 1.12 bits per heavy atom. The number of aliphatic hydroxyl groups excluding tert-OH is 1. The average Bonchev–Trinajstić information content (AvgIpc) is 2.85. The molecule has 0 radical (unpaired) electrons. The fourth-order valence-corrected chi connectivity index (χ4v) is 1.72. The van der Waals surface area contributed by atoms with E-state index in [0.29, 0.717) is 0 Å². The van der Waals surface area contributed by atoms with Crippen molar-refractivity contribution in [2.45, 2.75) is 26.6 Å². The first-order chi connectivity index (χ1) is 8.31. The van der Waals surface area contributed by atoms with Gasteiger partial charge in [0.15, 0.2) is 0 Å². The quantitative estimate of drug-likeness (QED) is 0.828. The van der Waals surface area contributed by atoms with Crippen LogP contribution in [0.25, 0.3) is 0 Å². The minimum absolute atomic E-state index is 0.0969. The third kappa shape index (κ3) is 3.11. The largest absolute Gasteiger partial charge is 0.392 e. The van der Waals surface area contributed by atoms with Crippen molar-refractivity contribution in [3.8, 4) is 0 Å². The molecule has 90 valence electrons. The van der Waals surface area contributed by atoms with Gasteiger partial charge in [-0.25, -0.2) is 0 Å². The minimum atomic E-state index is 0.0969. The molecule has 0 spiro atoms. The van der Waals surface area contributed by atoms with Crippen LogP contribution in [0.2, 0.25) is 0 Å². The fourth-order valence-electron chi connectivity index (χ4n) is 1.72. The Bertz CT molecular complexity index is 459. The Hall–Kier alpha value is -1.74. The van der Waals surface area contributed by atoms with Gasteiger partial charge in [0.1, 0.15) is 0 Å². The first kappa shape index (κ1) is 11.7. The molecule has 0 saturated heterocycles. The average molecular weight is 230 g/mol.